The number of aromatic nitrogens is 1. The van der Waals surface area contributed by atoms with Crippen molar-refractivity contribution in [2.75, 3.05) is 33.2 Å². The van der Waals surface area contributed by atoms with E-state index in [0.29, 0.717) is 19.0 Å². The number of benzene rings is 1. The Morgan fingerprint density at radius 3 is 2.68 bits per heavy atom. The number of rotatable bonds is 8. The van der Waals surface area contributed by atoms with Gasteiger partial charge in [-0.05, 0) is 68.6 Å². The SMILES string of the molecule is CNCC(=O)N(Cc1cccnc1)CC1CCN(Cc2ccccc2C)CC1. The molecule has 1 amide bonds. The van der Waals surface area contributed by atoms with E-state index in [4.69, 9.17) is 0 Å². The maximum Gasteiger partial charge on any atom is 0.236 e. The molecule has 0 radical (unpaired) electrons. The molecule has 1 aliphatic heterocycles. The summed E-state index contributed by atoms with van der Waals surface area (Å²) in [5.74, 6) is 0.722. The lowest BCUT2D eigenvalue weighted by Crippen LogP contribution is -2.43. The number of carbonyl (C=O) groups excluding carboxylic acids is 1. The van der Waals surface area contributed by atoms with Crippen LogP contribution in [0.4, 0.5) is 0 Å². The first-order valence-corrected chi connectivity index (χ1v) is 10.2. The van der Waals surface area contributed by atoms with E-state index >= 15 is 0 Å². The van der Waals surface area contributed by atoms with Gasteiger partial charge in [0, 0.05) is 32.0 Å². The highest BCUT2D eigenvalue weighted by Gasteiger charge is 2.24. The van der Waals surface area contributed by atoms with Crippen LogP contribution in [0.25, 0.3) is 0 Å². The Morgan fingerprint density at radius 1 is 1.21 bits per heavy atom. The van der Waals surface area contributed by atoms with E-state index in [1.807, 2.05) is 30.3 Å². The molecule has 5 nitrogen and oxygen atoms in total. The number of likely N-dealkylation sites (tertiary alicyclic amines) is 1. The van der Waals surface area contributed by atoms with Gasteiger partial charge in [0.15, 0.2) is 0 Å². The van der Waals surface area contributed by atoms with Crippen molar-refractivity contribution in [2.24, 2.45) is 5.92 Å². The zero-order valence-electron chi connectivity index (χ0n) is 17.1. The Labute approximate surface area is 168 Å². The minimum absolute atomic E-state index is 0.161. The second-order valence-electron chi connectivity index (χ2n) is 7.81. The van der Waals surface area contributed by atoms with Crippen molar-refractivity contribution in [1.29, 1.82) is 0 Å². The van der Waals surface area contributed by atoms with Gasteiger partial charge in [0.05, 0.1) is 6.54 Å². The summed E-state index contributed by atoms with van der Waals surface area (Å²) in [4.78, 5) is 21.3. The molecule has 2 aromatic rings. The third-order valence-electron chi connectivity index (χ3n) is 5.62. The minimum Gasteiger partial charge on any atom is -0.337 e. The Morgan fingerprint density at radius 2 is 2.00 bits per heavy atom. The fourth-order valence-electron chi connectivity index (χ4n) is 3.90. The van der Waals surface area contributed by atoms with Gasteiger partial charge in [0.2, 0.25) is 5.91 Å². The van der Waals surface area contributed by atoms with Crippen LogP contribution < -0.4 is 5.32 Å². The molecule has 1 N–H and O–H groups in total. The van der Waals surface area contributed by atoms with E-state index in [1.165, 1.54) is 11.1 Å². The predicted molar refractivity (Wildman–Crippen MR) is 113 cm³/mol. The summed E-state index contributed by atoms with van der Waals surface area (Å²) >= 11 is 0. The Bertz CT molecular complexity index is 741. The largest absolute Gasteiger partial charge is 0.337 e. The maximum absolute atomic E-state index is 12.6. The number of hydrogen-bond acceptors (Lipinski definition) is 4. The van der Waals surface area contributed by atoms with Gasteiger partial charge in [-0.1, -0.05) is 30.3 Å². The van der Waals surface area contributed by atoms with Crippen LogP contribution in [-0.4, -0.2) is 53.9 Å². The highest BCUT2D eigenvalue weighted by Crippen LogP contribution is 2.22. The number of aryl methyl sites for hydroxylation is 1. The molecule has 0 aliphatic carbocycles. The van der Waals surface area contributed by atoms with Crippen molar-refractivity contribution in [3.8, 4) is 0 Å². The number of hydrogen-bond donors (Lipinski definition) is 1. The first-order chi connectivity index (χ1) is 13.7. The average molecular weight is 381 g/mol. The number of carbonyl (C=O) groups is 1. The quantitative estimate of drug-likeness (QED) is 0.765. The molecule has 28 heavy (non-hydrogen) atoms. The second-order valence-corrected chi connectivity index (χ2v) is 7.81. The summed E-state index contributed by atoms with van der Waals surface area (Å²) in [5, 5.41) is 3.00. The third-order valence-corrected chi connectivity index (χ3v) is 5.62. The maximum atomic E-state index is 12.6. The first-order valence-electron chi connectivity index (χ1n) is 10.2. The number of amides is 1. The van der Waals surface area contributed by atoms with Crippen LogP contribution in [0, 0.1) is 12.8 Å². The fraction of sp³-hybridized carbons (Fsp3) is 0.478. The van der Waals surface area contributed by atoms with Crippen molar-refractivity contribution in [3.63, 3.8) is 0 Å². The van der Waals surface area contributed by atoms with E-state index in [9.17, 15) is 4.79 Å². The van der Waals surface area contributed by atoms with Gasteiger partial charge in [-0.25, -0.2) is 0 Å². The topological polar surface area (TPSA) is 48.5 Å². The van der Waals surface area contributed by atoms with E-state index in [2.05, 4.69) is 46.4 Å². The van der Waals surface area contributed by atoms with Crippen LogP contribution in [0.5, 0.6) is 0 Å². The van der Waals surface area contributed by atoms with Crippen LogP contribution in [-0.2, 0) is 17.9 Å². The molecule has 2 heterocycles. The number of likely N-dealkylation sites (N-methyl/N-ethyl adjacent to an activating group) is 1. The number of nitrogens with zero attached hydrogens (tertiary/aromatic N) is 3. The molecule has 1 aliphatic rings. The molecule has 0 unspecified atom stereocenters. The van der Waals surface area contributed by atoms with Crippen LogP contribution >= 0.6 is 0 Å². The molecule has 0 saturated carbocycles. The van der Waals surface area contributed by atoms with Gasteiger partial charge < -0.3 is 10.2 Å². The first kappa shape index (κ1) is 20.5. The molecular weight excluding hydrogens is 348 g/mol. The Kier molecular flexibility index (Phi) is 7.57. The predicted octanol–water partition coefficient (Wildman–Crippen LogP) is 2.85. The van der Waals surface area contributed by atoms with Gasteiger partial charge in [-0.15, -0.1) is 0 Å². The van der Waals surface area contributed by atoms with Gasteiger partial charge in [0.25, 0.3) is 0 Å². The Balaban J connectivity index is 1.54. The van der Waals surface area contributed by atoms with Gasteiger partial charge in [-0.2, -0.15) is 0 Å². The summed E-state index contributed by atoms with van der Waals surface area (Å²) in [6.45, 7) is 7.25. The molecule has 1 aromatic heterocycles. The van der Waals surface area contributed by atoms with Gasteiger partial charge in [-0.3, -0.25) is 14.7 Å². The monoisotopic (exact) mass is 380 g/mol. The lowest BCUT2D eigenvalue weighted by Gasteiger charge is -2.35. The van der Waals surface area contributed by atoms with Gasteiger partial charge >= 0.3 is 0 Å². The lowest BCUT2D eigenvalue weighted by atomic mass is 9.95. The molecule has 0 atom stereocenters. The standard InChI is InChI=1S/C23H32N4O/c1-19-6-3-4-8-22(19)18-26-12-9-20(10-13-26)16-27(23(28)15-24-2)17-21-7-5-11-25-14-21/h3-8,11,14,20,24H,9-10,12-13,15-18H2,1-2H3. The van der Waals surface area contributed by atoms with Crippen molar-refractivity contribution in [3.05, 3.63) is 65.5 Å². The van der Waals surface area contributed by atoms with E-state index in [0.717, 1.165) is 44.6 Å². The molecule has 5 heteroatoms. The van der Waals surface area contributed by atoms with Gasteiger partial charge in [0.1, 0.15) is 0 Å². The third kappa shape index (κ3) is 5.88. The smallest absolute Gasteiger partial charge is 0.236 e. The number of piperidine rings is 1. The van der Waals surface area contributed by atoms with E-state index < -0.39 is 0 Å². The van der Waals surface area contributed by atoms with E-state index in [-0.39, 0.29) is 5.91 Å². The van der Waals surface area contributed by atoms with Crippen LogP contribution in [0.3, 0.4) is 0 Å². The number of nitrogens with one attached hydrogen (secondary N) is 1. The van der Waals surface area contributed by atoms with Crippen LogP contribution in [0.15, 0.2) is 48.8 Å². The molecular formula is C23H32N4O. The van der Waals surface area contributed by atoms with Crippen molar-refractivity contribution in [2.45, 2.75) is 32.9 Å². The lowest BCUT2D eigenvalue weighted by molar-refractivity contribution is -0.131. The molecule has 1 saturated heterocycles. The molecule has 1 aromatic carbocycles. The molecule has 150 valence electrons. The van der Waals surface area contributed by atoms with Crippen molar-refractivity contribution in [1.82, 2.24) is 20.1 Å². The Hall–Kier alpha value is -2.24. The average Bonchev–Trinajstić information content (AvgIpc) is 2.71. The van der Waals surface area contributed by atoms with Crippen LogP contribution in [0.1, 0.15) is 29.5 Å². The highest BCUT2D eigenvalue weighted by atomic mass is 16.2. The summed E-state index contributed by atoms with van der Waals surface area (Å²) in [5.41, 5.74) is 3.87. The zero-order chi connectivity index (χ0) is 19.8. The van der Waals surface area contributed by atoms with Crippen molar-refractivity contribution < 1.29 is 4.79 Å². The van der Waals surface area contributed by atoms with E-state index in [1.54, 1.807) is 6.20 Å². The molecule has 0 bridgehead atoms. The summed E-state index contributed by atoms with van der Waals surface area (Å²) < 4.78 is 0. The highest BCUT2D eigenvalue weighted by molar-refractivity contribution is 5.78. The molecule has 3 rings (SSSR count). The summed E-state index contributed by atoms with van der Waals surface area (Å²) in [6, 6.07) is 12.6. The summed E-state index contributed by atoms with van der Waals surface area (Å²) in [7, 11) is 1.82. The molecule has 1 fully saturated rings. The number of pyridine rings is 1. The van der Waals surface area contributed by atoms with Crippen LogP contribution in [0.2, 0.25) is 0 Å². The normalized spacial score (nSPS) is 15.5. The fourth-order valence-corrected chi connectivity index (χ4v) is 3.90. The molecule has 0 spiro atoms. The second kappa shape index (κ2) is 10.3. The zero-order valence-corrected chi connectivity index (χ0v) is 17.1. The minimum atomic E-state index is 0.161. The summed E-state index contributed by atoms with van der Waals surface area (Å²) in [6.07, 6.45) is 5.91. The van der Waals surface area contributed by atoms with Crippen molar-refractivity contribution >= 4 is 5.91 Å².